The molecule has 0 aromatic heterocycles. The van der Waals surface area contributed by atoms with Gasteiger partial charge in [-0.1, -0.05) is 18.1 Å². The summed E-state index contributed by atoms with van der Waals surface area (Å²) in [7, 11) is 0. The van der Waals surface area contributed by atoms with Crippen molar-refractivity contribution < 1.29 is 22.7 Å². The lowest BCUT2D eigenvalue weighted by atomic mass is 10.2. The molecule has 0 aliphatic heterocycles. The van der Waals surface area contributed by atoms with E-state index in [4.69, 9.17) is 11.2 Å². The average molecular weight is 319 g/mol. The quantitative estimate of drug-likeness (QED) is 0.869. The van der Waals surface area contributed by atoms with Crippen LogP contribution in [0, 0.1) is 12.3 Å². The molecule has 2 aromatic rings. The minimum Gasteiger partial charge on any atom is -0.457 e. The third-order valence-corrected chi connectivity index (χ3v) is 2.84. The van der Waals surface area contributed by atoms with Crippen LogP contribution >= 0.6 is 0 Å². The molecule has 3 nitrogen and oxygen atoms in total. The summed E-state index contributed by atoms with van der Waals surface area (Å²) in [5, 5.41) is 2.49. The molecule has 1 amide bonds. The molecule has 2 aromatic carbocycles. The number of carbonyl (C=O) groups excluding carboxylic acids is 1. The summed E-state index contributed by atoms with van der Waals surface area (Å²) >= 11 is 0. The Morgan fingerprint density at radius 2 is 1.78 bits per heavy atom. The Labute approximate surface area is 131 Å². The van der Waals surface area contributed by atoms with Crippen molar-refractivity contribution in [1.29, 1.82) is 0 Å². The van der Waals surface area contributed by atoms with Gasteiger partial charge in [0.05, 0.1) is 12.1 Å². The zero-order valence-electron chi connectivity index (χ0n) is 11.9. The van der Waals surface area contributed by atoms with Gasteiger partial charge in [0.2, 0.25) is 0 Å². The van der Waals surface area contributed by atoms with Crippen molar-refractivity contribution >= 4 is 5.91 Å². The maximum atomic E-state index is 12.7. The highest BCUT2D eigenvalue weighted by Crippen LogP contribution is 2.32. The molecule has 1 N–H and O–H groups in total. The summed E-state index contributed by atoms with van der Waals surface area (Å²) in [5.74, 6) is 2.16. The van der Waals surface area contributed by atoms with Crippen LogP contribution in [0.3, 0.4) is 0 Å². The number of alkyl halides is 3. The number of hydrogen-bond donors (Lipinski definition) is 1. The summed E-state index contributed by atoms with van der Waals surface area (Å²) in [4.78, 5) is 11.8. The predicted octanol–water partition coefficient (Wildman–Crippen LogP) is 3.86. The third-order valence-electron chi connectivity index (χ3n) is 2.84. The van der Waals surface area contributed by atoms with Crippen LogP contribution in [0.2, 0.25) is 0 Å². The van der Waals surface area contributed by atoms with Crippen LogP contribution in [-0.4, -0.2) is 12.5 Å². The van der Waals surface area contributed by atoms with Crippen molar-refractivity contribution in [3.05, 3.63) is 59.7 Å². The predicted molar refractivity (Wildman–Crippen MR) is 79.1 cm³/mol. The van der Waals surface area contributed by atoms with Gasteiger partial charge in [0.1, 0.15) is 11.5 Å². The fraction of sp³-hybridized carbons (Fsp3) is 0.118. The van der Waals surface area contributed by atoms with Gasteiger partial charge in [0.25, 0.3) is 5.91 Å². The lowest BCUT2D eigenvalue weighted by Crippen LogP contribution is -2.23. The van der Waals surface area contributed by atoms with Crippen LogP contribution < -0.4 is 10.1 Å². The average Bonchev–Trinajstić information content (AvgIpc) is 2.52. The molecule has 0 spiro atoms. The van der Waals surface area contributed by atoms with Crippen molar-refractivity contribution in [3.8, 4) is 23.8 Å². The van der Waals surface area contributed by atoms with Crippen LogP contribution in [0.25, 0.3) is 0 Å². The molecular weight excluding hydrogens is 307 g/mol. The smallest absolute Gasteiger partial charge is 0.416 e. The second-order valence-corrected chi connectivity index (χ2v) is 4.54. The Bertz CT molecular complexity index is 748. The van der Waals surface area contributed by atoms with Gasteiger partial charge in [-0.3, -0.25) is 4.79 Å². The number of rotatable bonds is 4. The minimum absolute atomic E-state index is 0.0287. The molecule has 0 fully saturated rings. The molecule has 0 aliphatic rings. The molecular formula is C17H12F3NO2. The van der Waals surface area contributed by atoms with E-state index in [1.165, 1.54) is 24.3 Å². The topological polar surface area (TPSA) is 38.3 Å². The molecule has 0 saturated carbocycles. The molecule has 6 heteroatoms. The Kier molecular flexibility index (Phi) is 4.91. The molecule has 23 heavy (non-hydrogen) atoms. The van der Waals surface area contributed by atoms with Gasteiger partial charge in [0.15, 0.2) is 0 Å². The number of nitrogens with one attached hydrogen (secondary N) is 1. The highest BCUT2D eigenvalue weighted by molar-refractivity contribution is 5.94. The highest BCUT2D eigenvalue weighted by Gasteiger charge is 2.30. The molecule has 0 unspecified atom stereocenters. The second kappa shape index (κ2) is 6.88. The standard InChI is InChI=1S/C17H12F3NO2/c1-2-9-21-16(22)12-5-3-7-14(10-12)23-15-8-4-6-13(11-15)17(18,19)20/h1,3-8,10-11H,9H2,(H,21,22). The molecule has 0 atom stereocenters. The first-order chi connectivity index (χ1) is 10.9. The number of halogens is 3. The van der Waals surface area contributed by atoms with Gasteiger partial charge in [-0.25, -0.2) is 0 Å². The lowest BCUT2D eigenvalue weighted by molar-refractivity contribution is -0.137. The van der Waals surface area contributed by atoms with E-state index in [0.717, 1.165) is 12.1 Å². The van der Waals surface area contributed by atoms with Gasteiger partial charge in [-0.05, 0) is 36.4 Å². The maximum Gasteiger partial charge on any atom is 0.416 e. The fourth-order valence-electron chi connectivity index (χ4n) is 1.81. The first kappa shape index (κ1) is 16.4. The van der Waals surface area contributed by atoms with E-state index < -0.39 is 17.6 Å². The molecule has 0 radical (unpaired) electrons. The Morgan fingerprint density at radius 3 is 2.43 bits per heavy atom. The number of benzene rings is 2. The van der Waals surface area contributed by atoms with Crippen molar-refractivity contribution in [2.75, 3.05) is 6.54 Å². The van der Waals surface area contributed by atoms with Gasteiger partial charge in [-0.15, -0.1) is 6.42 Å². The molecule has 0 saturated heterocycles. The summed E-state index contributed by atoms with van der Waals surface area (Å²) in [6, 6.07) is 10.6. The van der Waals surface area contributed by atoms with Crippen LogP contribution in [0.4, 0.5) is 13.2 Å². The summed E-state index contributed by atoms with van der Waals surface area (Å²) in [6.07, 6.45) is 0.607. The third kappa shape index (κ3) is 4.51. The van der Waals surface area contributed by atoms with E-state index in [0.29, 0.717) is 5.56 Å². The number of carbonyl (C=O) groups is 1. The van der Waals surface area contributed by atoms with Gasteiger partial charge in [0, 0.05) is 5.56 Å². The summed E-state index contributed by atoms with van der Waals surface area (Å²) in [5.41, 5.74) is -0.511. The van der Waals surface area contributed by atoms with E-state index in [2.05, 4.69) is 11.2 Å². The Balaban J connectivity index is 2.18. The summed E-state index contributed by atoms with van der Waals surface area (Å²) < 4.78 is 43.4. The van der Waals surface area contributed by atoms with Crippen LogP contribution in [0.5, 0.6) is 11.5 Å². The van der Waals surface area contributed by atoms with Gasteiger partial charge in [-0.2, -0.15) is 13.2 Å². The van der Waals surface area contributed by atoms with Gasteiger partial charge < -0.3 is 10.1 Å². The summed E-state index contributed by atoms with van der Waals surface area (Å²) in [6.45, 7) is 0.0809. The van der Waals surface area contributed by atoms with Crippen molar-refractivity contribution in [2.45, 2.75) is 6.18 Å². The fourth-order valence-corrected chi connectivity index (χ4v) is 1.81. The van der Waals surface area contributed by atoms with Crippen LogP contribution in [0.15, 0.2) is 48.5 Å². The zero-order chi connectivity index (χ0) is 16.9. The Hall–Kier alpha value is -2.94. The van der Waals surface area contributed by atoms with Crippen molar-refractivity contribution in [2.24, 2.45) is 0 Å². The van der Waals surface area contributed by atoms with Gasteiger partial charge >= 0.3 is 6.18 Å². The van der Waals surface area contributed by atoms with E-state index in [1.807, 2.05) is 0 Å². The highest BCUT2D eigenvalue weighted by atomic mass is 19.4. The molecule has 118 valence electrons. The molecule has 0 bridgehead atoms. The molecule has 0 heterocycles. The molecule has 0 aliphatic carbocycles. The minimum atomic E-state index is -4.45. The van der Waals surface area contributed by atoms with E-state index in [1.54, 1.807) is 12.1 Å². The second-order valence-electron chi connectivity index (χ2n) is 4.54. The Morgan fingerprint density at radius 1 is 1.13 bits per heavy atom. The zero-order valence-corrected chi connectivity index (χ0v) is 11.9. The van der Waals surface area contributed by atoms with Crippen molar-refractivity contribution in [3.63, 3.8) is 0 Å². The normalized spacial score (nSPS) is 10.7. The van der Waals surface area contributed by atoms with E-state index in [-0.39, 0.29) is 18.0 Å². The first-order valence-electron chi connectivity index (χ1n) is 6.57. The number of amides is 1. The SMILES string of the molecule is C#CCNC(=O)c1cccc(Oc2cccc(C(F)(F)F)c2)c1. The van der Waals surface area contributed by atoms with Crippen LogP contribution in [-0.2, 0) is 6.18 Å². The maximum absolute atomic E-state index is 12.7. The monoisotopic (exact) mass is 319 g/mol. The largest absolute Gasteiger partial charge is 0.457 e. The first-order valence-corrected chi connectivity index (χ1v) is 6.57. The van der Waals surface area contributed by atoms with E-state index in [9.17, 15) is 18.0 Å². The van der Waals surface area contributed by atoms with Crippen LogP contribution in [0.1, 0.15) is 15.9 Å². The number of hydrogen-bond acceptors (Lipinski definition) is 2. The molecule has 2 rings (SSSR count). The number of terminal acetylenes is 1. The number of ether oxygens (including phenoxy) is 1. The lowest BCUT2D eigenvalue weighted by Gasteiger charge is -2.10. The van der Waals surface area contributed by atoms with Crippen molar-refractivity contribution in [1.82, 2.24) is 5.32 Å². The van der Waals surface area contributed by atoms with E-state index >= 15 is 0 Å².